The summed E-state index contributed by atoms with van der Waals surface area (Å²) in [5, 5.41) is 6.33. The number of nitrogens with one attached hydrogen (secondary N) is 2. The molecule has 1 aromatic heterocycles. The van der Waals surface area contributed by atoms with Crippen molar-refractivity contribution in [3.05, 3.63) is 64.4 Å². The van der Waals surface area contributed by atoms with E-state index in [2.05, 4.69) is 25.6 Å². The molecule has 2 N–H and O–H groups in total. The van der Waals surface area contributed by atoms with Gasteiger partial charge in [-0.1, -0.05) is 17.7 Å². The van der Waals surface area contributed by atoms with Gasteiger partial charge in [0.25, 0.3) is 11.9 Å². The van der Waals surface area contributed by atoms with Crippen LogP contribution in [0.4, 0.5) is 11.6 Å². The van der Waals surface area contributed by atoms with E-state index in [-0.39, 0.29) is 17.5 Å². The van der Waals surface area contributed by atoms with Gasteiger partial charge in [0.1, 0.15) is 0 Å². The summed E-state index contributed by atoms with van der Waals surface area (Å²) >= 11 is 6.10. The summed E-state index contributed by atoms with van der Waals surface area (Å²) in [5.41, 5.74) is 2.39. The van der Waals surface area contributed by atoms with Crippen LogP contribution in [-0.2, 0) is 0 Å². The minimum Gasteiger partial charge on any atom is -0.493 e. The number of carbonyl (C=O) groups excluding carboxylic acids is 1. The van der Waals surface area contributed by atoms with E-state index in [4.69, 9.17) is 25.8 Å². The van der Waals surface area contributed by atoms with E-state index >= 15 is 0 Å². The Balaban J connectivity index is 1.99. The third kappa shape index (κ3) is 6.11. The largest absolute Gasteiger partial charge is 0.493 e. The molecule has 0 fully saturated rings. The van der Waals surface area contributed by atoms with Crippen molar-refractivity contribution in [3.63, 3.8) is 0 Å². The molecule has 0 unspecified atom stereocenters. The summed E-state index contributed by atoms with van der Waals surface area (Å²) in [5.74, 6) is 0.920. The number of amides is 1. The van der Waals surface area contributed by atoms with E-state index in [0.29, 0.717) is 28.0 Å². The van der Waals surface area contributed by atoms with Crippen LogP contribution in [0.25, 0.3) is 0 Å². The van der Waals surface area contributed by atoms with Crippen LogP contribution in [0.5, 0.6) is 17.2 Å². The highest BCUT2D eigenvalue weighted by atomic mass is 35.5. The number of guanidine groups is 1. The number of aromatic nitrogens is 2. The molecule has 0 atom stereocenters. The molecule has 0 spiro atoms. The zero-order valence-corrected chi connectivity index (χ0v) is 19.6. The molecular formula is C23H24ClN5O4. The van der Waals surface area contributed by atoms with Crippen LogP contribution in [-0.4, -0.2) is 43.2 Å². The monoisotopic (exact) mass is 469 g/mol. The van der Waals surface area contributed by atoms with Gasteiger partial charge in [0.2, 0.25) is 11.7 Å². The number of hydrogen-bond acceptors (Lipinski definition) is 7. The predicted octanol–water partition coefficient (Wildman–Crippen LogP) is 4.30. The molecule has 3 aromatic rings. The first-order valence-corrected chi connectivity index (χ1v) is 10.3. The van der Waals surface area contributed by atoms with Crippen molar-refractivity contribution in [1.29, 1.82) is 0 Å². The number of methoxy groups -OCH3 is 3. The van der Waals surface area contributed by atoms with Gasteiger partial charge >= 0.3 is 0 Å². The second-order valence-electron chi connectivity index (χ2n) is 6.91. The quantitative estimate of drug-likeness (QED) is 0.409. The minimum absolute atomic E-state index is 0.112. The van der Waals surface area contributed by atoms with Crippen LogP contribution in [0.3, 0.4) is 0 Å². The lowest BCUT2D eigenvalue weighted by atomic mass is 10.1. The highest BCUT2D eigenvalue weighted by Crippen LogP contribution is 2.38. The number of nitrogens with zero attached hydrogens (tertiary/aromatic N) is 3. The fraction of sp³-hybridized carbons (Fsp3) is 0.217. The van der Waals surface area contributed by atoms with Crippen LogP contribution in [0.2, 0.25) is 5.02 Å². The molecule has 0 aliphatic heterocycles. The third-order valence-electron chi connectivity index (χ3n) is 4.43. The molecule has 0 bridgehead atoms. The topological polar surface area (TPSA) is 107 Å². The molecule has 1 amide bonds. The number of carbonyl (C=O) groups is 1. The molecule has 172 valence electrons. The van der Waals surface area contributed by atoms with E-state index in [1.54, 1.807) is 36.4 Å². The molecule has 0 saturated heterocycles. The van der Waals surface area contributed by atoms with E-state index < -0.39 is 5.91 Å². The zero-order valence-electron chi connectivity index (χ0n) is 18.9. The van der Waals surface area contributed by atoms with Crippen molar-refractivity contribution in [1.82, 2.24) is 15.3 Å². The highest BCUT2D eigenvalue weighted by Gasteiger charge is 2.18. The first-order chi connectivity index (χ1) is 15.8. The lowest BCUT2D eigenvalue weighted by Crippen LogP contribution is -2.36. The molecule has 3 rings (SSSR count). The molecular weight excluding hydrogens is 446 g/mol. The number of aliphatic imine (C=N–C) groups is 1. The summed E-state index contributed by atoms with van der Waals surface area (Å²) in [6.45, 7) is 3.68. The molecule has 0 saturated carbocycles. The fourth-order valence-corrected chi connectivity index (χ4v) is 3.23. The number of rotatable bonds is 6. The van der Waals surface area contributed by atoms with Gasteiger partial charge in [-0.25, -0.2) is 9.97 Å². The number of ether oxygens (including phenoxy) is 3. The normalized spacial score (nSPS) is 11.0. The maximum absolute atomic E-state index is 13.1. The summed E-state index contributed by atoms with van der Waals surface area (Å²) in [6.07, 6.45) is 0. The maximum atomic E-state index is 13.1. The Kier molecular flexibility index (Phi) is 7.68. The van der Waals surface area contributed by atoms with E-state index in [9.17, 15) is 4.79 Å². The van der Waals surface area contributed by atoms with Gasteiger partial charge in [0.15, 0.2) is 11.5 Å². The van der Waals surface area contributed by atoms with Gasteiger partial charge in [-0.05, 0) is 50.2 Å². The average Bonchev–Trinajstić information content (AvgIpc) is 2.77. The van der Waals surface area contributed by atoms with Gasteiger partial charge < -0.3 is 19.5 Å². The minimum atomic E-state index is -0.466. The van der Waals surface area contributed by atoms with Crippen LogP contribution >= 0.6 is 11.6 Å². The molecule has 33 heavy (non-hydrogen) atoms. The molecule has 0 radical (unpaired) electrons. The Morgan fingerprint density at radius 3 is 2.12 bits per heavy atom. The van der Waals surface area contributed by atoms with Crippen LogP contribution in [0, 0.1) is 13.8 Å². The Bertz CT molecular complexity index is 1150. The summed E-state index contributed by atoms with van der Waals surface area (Å²) < 4.78 is 16.0. The van der Waals surface area contributed by atoms with Gasteiger partial charge in [0, 0.05) is 27.7 Å². The van der Waals surface area contributed by atoms with Crippen molar-refractivity contribution >= 4 is 35.1 Å². The number of anilines is 1. The molecule has 1 heterocycles. The van der Waals surface area contributed by atoms with E-state index in [1.807, 2.05) is 19.9 Å². The van der Waals surface area contributed by atoms with Crippen molar-refractivity contribution < 1.29 is 19.0 Å². The molecule has 10 heteroatoms. The van der Waals surface area contributed by atoms with Crippen LogP contribution in [0.15, 0.2) is 47.5 Å². The maximum Gasteiger partial charge on any atom is 0.258 e. The number of benzene rings is 2. The van der Waals surface area contributed by atoms with Crippen molar-refractivity contribution in [2.45, 2.75) is 13.8 Å². The second kappa shape index (κ2) is 10.6. The molecule has 0 aliphatic rings. The first kappa shape index (κ1) is 23.8. The Hall–Kier alpha value is -3.85. The zero-order chi connectivity index (χ0) is 24.0. The van der Waals surface area contributed by atoms with Gasteiger partial charge in [-0.2, -0.15) is 4.99 Å². The SMILES string of the molecule is COc1cc(C(=O)N/C(=N\c2nc(C)cc(C)n2)Nc2cccc(Cl)c2)cc(OC)c1OC. The fourth-order valence-electron chi connectivity index (χ4n) is 3.04. The standard InChI is InChI=1S/C23H24ClN5O4/c1-13-9-14(2)26-22(25-13)29-23(27-17-8-6-7-16(24)12-17)28-21(30)15-10-18(31-3)20(33-5)19(11-15)32-4/h6-12H,1-5H3,(H2,25,26,27,28,29,30). The molecule has 9 nitrogen and oxygen atoms in total. The first-order valence-electron chi connectivity index (χ1n) is 9.88. The predicted molar refractivity (Wildman–Crippen MR) is 127 cm³/mol. The smallest absolute Gasteiger partial charge is 0.258 e. The second-order valence-corrected chi connectivity index (χ2v) is 7.35. The lowest BCUT2D eigenvalue weighted by Gasteiger charge is -2.15. The van der Waals surface area contributed by atoms with E-state index in [1.165, 1.54) is 21.3 Å². The van der Waals surface area contributed by atoms with Crippen LogP contribution in [0.1, 0.15) is 21.7 Å². The highest BCUT2D eigenvalue weighted by molar-refractivity contribution is 6.31. The number of halogens is 1. The van der Waals surface area contributed by atoms with Crippen molar-refractivity contribution in [2.75, 3.05) is 26.6 Å². The summed E-state index contributed by atoms with van der Waals surface area (Å²) in [6, 6.07) is 11.9. The van der Waals surface area contributed by atoms with Gasteiger partial charge in [-0.3, -0.25) is 10.1 Å². The number of aryl methyl sites for hydroxylation is 2. The lowest BCUT2D eigenvalue weighted by molar-refractivity contribution is 0.0976. The number of hydrogen-bond donors (Lipinski definition) is 2. The Morgan fingerprint density at radius 2 is 1.58 bits per heavy atom. The Morgan fingerprint density at radius 1 is 0.939 bits per heavy atom. The average molecular weight is 470 g/mol. The Labute approximate surface area is 196 Å². The molecule has 0 aliphatic carbocycles. The van der Waals surface area contributed by atoms with E-state index in [0.717, 1.165) is 11.4 Å². The van der Waals surface area contributed by atoms with Gasteiger partial charge in [-0.15, -0.1) is 0 Å². The van der Waals surface area contributed by atoms with Crippen molar-refractivity contribution in [3.8, 4) is 17.2 Å². The summed E-state index contributed by atoms with van der Waals surface area (Å²) in [4.78, 5) is 26.2. The molecule has 2 aromatic carbocycles. The van der Waals surface area contributed by atoms with Crippen LogP contribution < -0.4 is 24.8 Å². The summed E-state index contributed by atoms with van der Waals surface area (Å²) in [7, 11) is 4.44. The van der Waals surface area contributed by atoms with Gasteiger partial charge in [0.05, 0.1) is 21.3 Å². The van der Waals surface area contributed by atoms with Crippen molar-refractivity contribution in [2.24, 2.45) is 4.99 Å². The third-order valence-corrected chi connectivity index (χ3v) is 4.66.